The minimum absolute atomic E-state index is 0.133. The maximum Gasteiger partial charge on any atom is 0.407 e. The average molecular weight is 426 g/mol. The Balaban J connectivity index is 1.31. The van der Waals surface area contributed by atoms with E-state index in [4.69, 9.17) is 8.92 Å². The van der Waals surface area contributed by atoms with E-state index < -0.39 is 22.3 Å². The van der Waals surface area contributed by atoms with Crippen molar-refractivity contribution in [2.24, 2.45) is 0 Å². The Kier molecular flexibility index (Phi) is 7.88. The summed E-state index contributed by atoms with van der Waals surface area (Å²) in [5.41, 5.74) is 1.36. The van der Waals surface area contributed by atoms with Crippen LogP contribution in [0.2, 0.25) is 0 Å². The first-order valence-electron chi connectivity index (χ1n) is 10.2. The van der Waals surface area contributed by atoms with Crippen LogP contribution in [0.4, 0.5) is 4.79 Å². The summed E-state index contributed by atoms with van der Waals surface area (Å²) in [6.45, 7) is 6.20. The normalized spacial score (nSPS) is 23.7. The van der Waals surface area contributed by atoms with Gasteiger partial charge in [0.05, 0.1) is 12.3 Å². The number of benzene rings is 1. The number of carbonyl (C=O) groups is 1. The lowest BCUT2D eigenvalue weighted by molar-refractivity contribution is 0.0919. The fraction of sp³-hybridized carbons (Fsp3) is 0.650. The number of rotatable bonds is 10. The number of amides is 1. The zero-order chi connectivity index (χ0) is 20.7. The van der Waals surface area contributed by atoms with Gasteiger partial charge in [-0.2, -0.15) is 8.42 Å². The molecule has 8 nitrogen and oxygen atoms in total. The molecule has 2 aliphatic heterocycles. The van der Waals surface area contributed by atoms with Gasteiger partial charge in [-0.05, 0) is 31.4 Å². The summed E-state index contributed by atoms with van der Waals surface area (Å²) in [6.07, 6.45) is 2.65. The highest BCUT2D eigenvalue weighted by Crippen LogP contribution is 2.17. The maximum absolute atomic E-state index is 11.5. The SMILES string of the molecule is CS(=O)(=O)OCC1OC(=O)NC1CCCCN1CCN(Cc2ccccc2)CC1. The van der Waals surface area contributed by atoms with Crippen molar-refractivity contribution in [2.45, 2.75) is 38.0 Å². The minimum Gasteiger partial charge on any atom is -0.442 e. The van der Waals surface area contributed by atoms with Gasteiger partial charge in [0.1, 0.15) is 12.7 Å². The van der Waals surface area contributed by atoms with Crippen LogP contribution in [-0.2, 0) is 25.6 Å². The molecular weight excluding hydrogens is 394 g/mol. The number of unbranched alkanes of at least 4 members (excludes halogenated alkanes) is 1. The summed E-state index contributed by atoms with van der Waals surface area (Å²) >= 11 is 0. The smallest absolute Gasteiger partial charge is 0.407 e. The average Bonchev–Trinajstić information content (AvgIpc) is 3.05. The van der Waals surface area contributed by atoms with Gasteiger partial charge in [0, 0.05) is 32.7 Å². The van der Waals surface area contributed by atoms with E-state index in [0.29, 0.717) is 0 Å². The predicted octanol–water partition coefficient (Wildman–Crippen LogP) is 1.43. The summed E-state index contributed by atoms with van der Waals surface area (Å²) in [4.78, 5) is 16.5. The van der Waals surface area contributed by atoms with Gasteiger partial charge < -0.3 is 15.0 Å². The van der Waals surface area contributed by atoms with Crippen molar-refractivity contribution in [1.82, 2.24) is 15.1 Å². The molecule has 1 N–H and O–H groups in total. The molecule has 0 aromatic heterocycles. The van der Waals surface area contributed by atoms with Crippen molar-refractivity contribution in [3.05, 3.63) is 35.9 Å². The molecule has 1 aromatic carbocycles. The zero-order valence-electron chi connectivity index (χ0n) is 17.0. The van der Waals surface area contributed by atoms with Gasteiger partial charge in [-0.15, -0.1) is 0 Å². The Morgan fingerprint density at radius 1 is 1.10 bits per heavy atom. The van der Waals surface area contributed by atoms with E-state index in [1.165, 1.54) is 5.56 Å². The molecule has 3 rings (SSSR count). The number of cyclic esters (lactones) is 1. The number of carbonyl (C=O) groups excluding carboxylic acids is 1. The van der Waals surface area contributed by atoms with Gasteiger partial charge in [-0.25, -0.2) is 4.79 Å². The number of nitrogens with one attached hydrogen (secondary N) is 1. The monoisotopic (exact) mass is 425 g/mol. The van der Waals surface area contributed by atoms with Gasteiger partial charge in [0.15, 0.2) is 0 Å². The lowest BCUT2D eigenvalue weighted by Gasteiger charge is -2.34. The van der Waals surface area contributed by atoms with Gasteiger partial charge >= 0.3 is 6.09 Å². The minimum atomic E-state index is -3.55. The van der Waals surface area contributed by atoms with E-state index in [-0.39, 0.29) is 12.6 Å². The molecule has 0 saturated carbocycles. The number of ether oxygens (including phenoxy) is 1. The number of hydrogen-bond acceptors (Lipinski definition) is 7. The summed E-state index contributed by atoms with van der Waals surface area (Å²) in [5, 5.41) is 2.75. The number of nitrogens with zero attached hydrogens (tertiary/aromatic N) is 2. The molecule has 0 aliphatic carbocycles. The fourth-order valence-corrected chi connectivity index (χ4v) is 4.19. The third-order valence-corrected chi connectivity index (χ3v) is 5.97. The van der Waals surface area contributed by atoms with Crippen LogP contribution in [0.5, 0.6) is 0 Å². The molecule has 2 heterocycles. The quantitative estimate of drug-likeness (QED) is 0.448. The third-order valence-electron chi connectivity index (χ3n) is 5.41. The predicted molar refractivity (Wildman–Crippen MR) is 110 cm³/mol. The zero-order valence-corrected chi connectivity index (χ0v) is 17.8. The lowest BCUT2D eigenvalue weighted by atomic mass is 10.1. The highest BCUT2D eigenvalue weighted by atomic mass is 32.2. The maximum atomic E-state index is 11.5. The van der Waals surface area contributed by atoms with E-state index in [1.54, 1.807) is 0 Å². The molecular formula is C20H31N3O5S. The van der Waals surface area contributed by atoms with Crippen LogP contribution in [-0.4, -0.2) is 82.0 Å². The highest BCUT2D eigenvalue weighted by Gasteiger charge is 2.34. The van der Waals surface area contributed by atoms with E-state index in [0.717, 1.165) is 64.8 Å². The Morgan fingerprint density at radius 3 is 2.48 bits per heavy atom. The second kappa shape index (κ2) is 10.4. The molecule has 1 aromatic rings. The first kappa shape index (κ1) is 22.0. The van der Waals surface area contributed by atoms with Crippen LogP contribution in [0.25, 0.3) is 0 Å². The topological polar surface area (TPSA) is 88.2 Å². The third kappa shape index (κ3) is 7.58. The van der Waals surface area contributed by atoms with Crippen molar-refractivity contribution in [1.29, 1.82) is 0 Å². The van der Waals surface area contributed by atoms with E-state index in [2.05, 4.69) is 39.4 Å². The van der Waals surface area contributed by atoms with Crippen molar-refractivity contribution in [2.75, 3.05) is 45.6 Å². The summed E-state index contributed by atoms with van der Waals surface area (Å²) < 4.78 is 32.2. The molecule has 0 spiro atoms. The van der Waals surface area contributed by atoms with Crippen LogP contribution in [0, 0.1) is 0 Å². The first-order chi connectivity index (χ1) is 13.9. The standard InChI is InChI=1S/C20H31N3O5S/c1-29(25,26)27-16-19-18(21-20(24)28-19)9-5-6-10-22-11-13-23(14-12-22)15-17-7-3-2-4-8-17/h2-4,7-8,18-19H,5-6,9-16H2,1H3,(H,21,24). The first-order valence-corrected chi connectivity index (χ1v) is 12.0. The molecule has 2 atom stereocenters. The molecule has 2 aliphatic rings. The molecule has 0 radical (unpaired) electrons. The molecule has 0 bridgehead atoms. The van der Waals surface area contributed by atoms with E-state index in [9.17, 15) is 13.2 Å². The summed E-state index contributed by atoms with van der Waals surface area (Å²) in [6, 6.07) is 10.4. The lowest BCUT2D eigenvalue weighted by Crippen LogP contribution is -2.46. The molecule has 1 amide bonds. The number of alkyl carbamates (subject to hydrolysis) is 1. The molecule has 29 heavy (non-hydrogen) atoms. The van der Waals surface area contributed by atoms with Crippen LogP contribution >= 0.6 is 0 Å². The van der Waals surface area contributed by atoms with Gasteiger partial charge in [0.2, 0.25) is 0 Å². The molecule has 2 fully saturated rings. The van der Waals surface area contributed by atoms with Crippen LogP contribution in [0.1, 0.15) is 24.8 Å². The summed E-state index contributed by atoms with van der Waals surface area (Å²) in [5.74, 6) is 0. The Morgan fingerprint density at radius 2 is 1.79 bits per heavy atom. The number of hydrogen-bond donors (Lipinski definition) is 1. The fourth-order valence-electron chi connectivity index (χ4n) is 3.81. The Hall–Kier alpha value is -1.68. The van der Waals surface area contributed by atoms with Crippen LogP contribution in [0.15, 0.2) is 30.3 Å². The second-order valence-corrected chi connectivity index (χ2v) is 9.43. The van der Waals surface area contributed by atoms with Crippen molar-refractivity contribution in [3.63, 3.8) is 0 Å². The molecule has 2 saturated heterocycles. The largest absolute Gasteiger partial charge is 0.442 e. The molecule has 9 heteroatoms. The van der Waals surface area contributed by atoms with Crippen LogP contribution < -0.4 is 5.32 Å². The second-order valence-electron chi connectivity index (χ2n) is 7.78. The van der Waals surface area contributed by atoms with Gasteiger partial charge in [-0.1, -0.05) is 30.3 Å². The molecule has 2 unspecified atom stereocenters. The Labute approximate surface area is 173 Å². The molecule has 162 valence electrons. The summed E-state index contributed by atoms with van der Waals surface area (Å²) in [7, 11) is -3.55. The van der Waals surface area contributed by atoms with Gasteiger partial charge in [0.25, 0.3) is 10.1 Å². The van der Waals surface area contributed by atoms with Crippen LogP contribution in [0.3, 0.4) is 0 Å². The van der Waals surface area contributed by atoms with E-state index >= 15 is 0 Å². The van der Waals surface area contributed by atoms with Crippen molar-refractivity contribution in [3.8, 4) is 0 Å². The Bertz CT molecular complexity index is 751. The van der Waals surface area contributed by atoms with E-state index in [1.807, 2.05) is 6.07 Å². The van der Waals surface area contributed by atoms with Gasteiger partial charge in [-0.3, -0.25) is 9.08 Å². The van der Waals surface area contributed by atoms with Crippen molar-refractivity contribution >= 4 is 16.2 Å². The number of piperazine rings is 1. The van der Waals surface area contributed by atoms with Crippen molar-refractivity contribution < 1.29 is 22.1 Å². The highest BCUT2D eigenvalue weighted by molar-refractivity contribution is 7.85.